The lowest BCUT2D eigenvalue weighted by molar-refractivity contribution is 0.0212. The molecule has 2 aromatic carbocycles. The van der Waals surface area contributed by atoms with Gasteiger partial charge < -0.3 is 19.5 Å². The highest BCUT2D eigenvalue weighted by atomic mass is 32.2. The molecule has 1 saturated heterocycles. The molecule has 0 saturated carbocycles. The monoisotopic (exact) mass is 553 g/mol. The third kappa shape index (κ3) is 5.96. The van der Waals surface area contributed by atoms with Crippen molar-refractivity contribution < 1.29 is 14.4 Å². The van der Waals surface area contributed by atoms with Gasteiger partial charge in [0.15, 0.2) is 0 Å². The minimum atomic E-state index is -0.127. The van der Waals surface area contributed by atoms with E-state index >= 15 is 0 Å². The molecule has 1 atom stereocenters. The number of carbonyl (C=O) groups excluding carboxylic acids is 1. The predicted molar refractivity (Wildman–Crippen MR) is 158 cm³/mol. The fourth-order valence-corrected chi connectivity index (χ4v) is 6.30. The molecule has 1 fully saturated rings. The summed E-state index contributed by atoms with van der Waals surface area (Å²) in [5.74, 6) is 0.639. The number of benzene rings is 2. The number of ether oxygens (including phenoxy) is 1. The number of pyridine rings is 1. The summed E-state index contributed by atoms with van der Waals surface area (Å²) in [5, 5.41) is 7.76. The number of fused-ring (bicyclic) bond motifs is 1. The Hall–Kier alpha value is -3.92. The van der Waals surface area contributed by atoms with Crippen LogP contribution in [0.15, 0.2) is 96.5 Å². The Kier molecular flexibility index (Phi) is 8.23. The molecule has 6 rings (SSSR count). The summed E-state index contributed by atoms with van der Waals surface area (Å²) in [6.07, 6.45) is 5.65. The zero-order chi connectivity index (χ0) is 27.1. The van der Waals surface area contributed by atoms with Crippen LogP contribution in [0, 0.1) is 0 Å². The van der Waals surface area contributed by atoms with Gasteiger partial charge in [-0.15, -0.1) is 11.8 Å². The molecule has 2 aliphatic rings. The second-order valence-corrected chi connectivity index (χ2v) is 10.7. The molecular formula is C31H31N5O3S. The molecule has 40 heavy (non-hydrogen) atoms. The number of nitrogens with zero attached hydrogens (tertiary/aromatic N) is 4. The maximum Gasteiger partial charge on any atom is 0.257 e. The average Bonchev–Trinajstić information content (AvgIpc) is 3.62. The van der Waals surface area contributed by atoms with Crippen LogP contribution in [-0.4, -0.2) is 65.5 Å². The van der Waals surface area contributed by atoms with Gasteiger partial charge in [-0.05, 0) is 24.3 Å². The number of anilines is 1. The van der Waals surface area contributed by atoms with Crippen molar-refractivity contribution >= 4 is 29.1 Å². The van der Waals surface area contributed by atoms with Crippen LogP contribution in [0.4, 0.5) is 5.69 Å². The smallest absolute Gasteiger partial charge is 0.257 e. The van der Waals surface area contributed by atoms with E-state index in [0.29, 0.717) is 17.9 Å². The second-order valence-electron chi connectivity index (χ2n) is 9.66. The number of hydrogen-bond donors (Lipinski definition) is 1. The summed E-state index contributed by atoms with van der Waals surface area (Å²) in [7, 11) is 0. The number of morpholine rings is 1. The van der Waals surface area contributed by atoms with Gasteiger partial charge in [-0.3, -0.25) is 14.7 Å². The van der Waals surface area contributed by atoms with Crippen molar-refractivity contribution in [2.45, 2.75) is 11.1 Å². The largest absolute Gasteiger partial charge is 0.394 e. The zero-order valence-electron chi connectivity index (χ0n) is 22.1. The van der Waals surface area contributed by atoms with Gasteiger partial charge in [0, 0.05) is 72.0 Å². The number of rotatable bonds is 9. The van der Waals surface area contributed by atoms with E-state index in [1.807, 2.05) is 79.1 Å². The third-order valence-corrected chi connectivity index (χ3v) is 8.32. The SMILES string of the molecule is O=C(Nc1cccc(C(=NOCCN2CCOCC2)c2ccccc2)c1)c1ccn2c1CSC2c1cccnc1. The van der Waals surface area contributed by atoms with E-state index in [2.05, 4.69) is 31.0 Å². The number of carbonyl (C=O) groups is 1. The first-order valence-electron chi connectivity index (χ1n) is 13.4. The van der Waals surface area contributed by atoms with Gasteiger partial charge in [0.2, 0.25) is 0 Å². The third-order valence-electron chi connectivity index (χ3n) is 7.07. The van der Waals surface area contributed by atoms with Crippen LogP contribution in [0.1, 0.15) is 38.1 Å². The van der Waals surface area contributed by atoms with Crippen LogP contribution in [-0.2, 0) is 15.3 Å². The van der Waals surface area contributed by atoms with E-state index in [1.54, 1.807) is 18.0 Å². The quantitative estimate of drug-likeness (QED) is 0.178. The molecule has 4 heterocycles. The highest BCUT2D eigenvalue weighted by Crippen LogP contribution is 2.42. The molecule has 1 amide bonds. The molecule has 0 bridgehead atoms. The minimum absolute atomic E-state index is 0.126. The van der Waals surface area contributed by atoms with Crippen molar-refractivity contribution in [1.82, 2.24) is 14.5 Å². The molecule has 1 unspecified atom stereocenters. The lowest BCUT2D eigenvalue weighted by Crippen LogP contribution is -2.38. The van der Waals surface area contributed by atoms with Gasteiger partial charge in [0.25, 0.3) is 5.91 Å². The van der Waals surface area contributed by atoms with E-state index in [9.17, 15) is 4.79 Å². The summed E-state index contributed by atoms with van der Waals surface area (Å²) < 4.78 is 7.59. The fraction of sp³-hybridized carbons (Fsp3) is 0.258. The normalized spacial score (nSPS) is 17.4. The molecule has 2 aromatic heterocycles. The Morgan fingerprint density at radius 2 is 1.90 bits per heavy atom. The van der Waals surface area contributed by atoms with Crippen molar-refractivity contribution in [3.05, 3.63) is 119 Å². The van der Waals surface area contributed by atoms with E-state index < -0.39 is 0 Å². The summed E-state index contributed by atoms with van der Waals surface area (Å²) in [4.78, 5) is 25.7. The van der Waals surface area contributed by atoms with Crippen molar-refractivity contribution in [1.29, 1.82) is 0 Å². The first-order valence-corrected chi connectivity index (χ1v) is 14.5. The summed E-state index contributed by atoms with van der Waals surface area (Å²) in [6.45, 7) is 4.63. The van der Waals surface area contributed by atoms with Crippen molar-refractivity contribution in [3.63, 3.8) is 0 Å². The lowest BCUT2D eigenvalue weighted by atomic mass is 10.0. The second kappa shape index (κ2) is 12.5. The summed E-state index contributed by atoms with van der Waals surface area (Å²) in [5.41, 5.74) is 6.07. The van der Waals surface area contributed by atoms with Crippen molar-refractivity contribution in [2.24, 2.45) is 5.16 Å². The van der Waals surface area contributed by atoms with Crippen LogP contribution < -0.4 is 5.32 Å². The maximum atomic E-state index is 13.4. The lowest BCUT2D eigenvalue weighted by Gasteiger charge is -2.25. The Balaban J connectivity index is 1.18. The Bertz CT molecular complexity index is 1470. The number of thioether (sulfide) groups is 1. The van der Waals surface area contributed by atoms with Crippen LogP contribution in [0.25, 0.3) is 0 Å². The van der Waals surface area contributed by atoms with Crippen LogP contribution >= 0.6 is 11.8 Å². The predicted octanol–water partition coefficient (Wildman–Crippen LogP) is 5.03. The highest BCUT2D eigenvalue weighted by molar-refractivity contribution is 7.99. The van der Waals surface area contributed by atoms with Crippen LogP contribution in [0.3, 0.4) is 0 Å². The Morgan fingerprint density at radius 3 is 2.73 bits per heavy atom. The Morgan fingerprint density at radius 1 is 1.05 bits per heavy atom. The minimum Gasteiger partial charge on any atom is -0.394 e. The molecule has 2 aliphatic heterocycles. The van der Waals surface area contributed by atoms with E-state index in [0.717, 1.165) is 66.7 Å². The highest BCUT2D eigenvalue weighted by Gasteiger charge is 2.28. The van der Waals surface area contributed by atoms with Gasteiger partial charge in [-0.1, -0.05) is 53.7 Å². The van der Waals surface area contributed by atoms with E-state index in [-0.39, 0.29) is 11.3 Å². The van der Waals surface area contributed by atoms with Crippen molar-refractivity contribution in [3.8, 4) is 0 Å². The topological polar surface area (TPSA) is 81.0 Å². The molecule has 0 aliphatic carbocycles. The first-order chi connectivity index (χ1) is 19.8. The molecule has 8 nitrogen and oxygen atoms in total. The molecule has 4 aromatic rings. The van der Waals surface area contributed by atoms with Gasteiger partial charge in [-0.25, -0.2) is 0 Å². The number of amides is 1. The van der Waals surface area contributed by atoms with Gasteiger partial charge in [0.1, 0.15) is 17.7 Å². The molecule has 9 heteroatoms. The standard InChI is InChI=1S/C31H31N5O3S/c37-30(27-11-13-36-28(27)22-40-31(36)25-9-5-12-32-21-25)33-26-10-4-8-24(20-26)29(23-6-2-1-3-7-23)34-39-19-16-35-14-17-38-18-15-35/h1-13,20-21,31H,14-19,22H2,(H,33,37). The number of oxime groups is 1. The average molecular weight is 554 g/mol. The molecule has 0 radical (unpaired) electrons. The van der Waals surface area contributed by atoms with Gasteiger partial charge in [-0.2, -0.15) is 0 Å². The molecule has 204 valence electrons. The van der Waals surface area contributed by atoms with Crippen LogP contribution in [0.2, 0.25) is 0 Å². The van der Waals surface area contributed by atoms with E-state index in [4.69, 9.17) is 9.57 Å². The number of hydrogen-bond acceptors (Lipinski definition) is 7. The number of aromatic nitrogens is 2. The van der Waals surface area contributed by atoms with Crippen molar-refractivity contribution in [2.75, 3.05) is 44.8 Å². The fourth-order valence-electron chi connectivity index (χ4n) is 4.99. The van der Waals surface area contributed by atoms with Gasteiger partial charge in [0.05, 0.1) is 18.8 Å². The first kappa shape index (κ1) is 26.3. The van der Waals surface area contributed by atoms with Crippen LogP contribution in [0.5, 0.6) is 0 Å². The molecule has 0 spiro atoms. The number of nitrogens with one attached hydrogen (secondary N) is 1. The van der Waals surface area contributed by atoms with E-state index in [1.165, 1.54) is 0 Å². The Labute approximate surface area is 238 Å². The molecular weight excluding hydrogens is 522 g/mol. The maximum absolute atomic E-state index is 13.4. The van der Waals surface area contributed by atoms with Gasteiger partial charge >= 0.3 is 0 Å². The molecule has 1 N–H and O–H groups in total. The summed E-state index contributed by atoms with van der Waals surface area (Å²) in [6, 6.07) is 23.6. The zero-order valence-corrected chi connectivity index (χ0v) is 22.9. The summed E-state index contributed by atoms with van der Waals surface area (Å²) >= 11 is 1.80.